The van der Waals surface area contributed by atoms with Gasteiger partial charge in [-0.1, -0.05) is 49.3 Å². The molecular weight excluding hydrogens is 706 g/mol. The van der Waals surface area contributed by atoms with Gasteiger partial charge in [0.25, 0.3) is 5.91 Å². The van der Waals surface area contributed by atoms with E-state index in [-0.39, 0.29) is 38.4 Å². The Bertz CT molecular complexity index is 1900. The molecule has 53 heavy (non-hydrogen) atoms. The minimum absolute atomic E-state index is 0.0344. The van der Waals surface area contributed by atoms with E-state index in [4.69, 9.17) is 9.47 Å². The van der Waals surface area contributed by atoms with E-state index in [1.54, 1.807) is 19.2 Å². The largest absolute Gasteiger partial charge is 0.497 e. The van der Waals surface area contributed by atoms with Crippen LogP contribution >= 0.6 is 0 Å². The second-order valence-corrected chi connectivity index (χ2v) is 16.7. The first-order valence-electron chi connectivity index (χ1n) is 18.4. The molecular formula is C38H46FN5O8S. The van der Waals surface area contributed by atoms with Crippen molar-refractivity contribution in [1.82, 2.24) is 25.2 Å². The number of fused-ring (bicyclic) bond motifs is 3. The van der Waals surface area contributed by atoms with E-state index in [9.17, 15) is 32.0 Å². The molecule has 5 aliphatic rings. The molecule has 3 fully saturated rings. The monoisotopic (exact) mass is 751 g/mol. The molecule has 15 heteroatoms. The number of hydrogen-bond donors (Lipinski definition) is 3. The summed E-state index contributed by atoms with van der Waals surface area (Å²) in [4.78, 5) is 58.6. The lowest BCUT2D eigenvalue weighted by atomic mass is 10.0. The van der Waals surface area contributed by atoms with Crippen LogP contribution in [0, 0.1) is 11.7 Å². The maximum Gasteiger partial charge on any atom is 0.410 e. The molecule has 0 unspecified atom stereocenters. The van der Waals surface area contributed by atoms with Gasteiger partial charge in [0, 0.05) is 31.0 Å². The standard InChI is InChI=1S/C38H46FN5O8S/c1-51-27-12-7-9-24(17-27)20-40-32-14-6-4-2-3-5-11-26-19-38(26,36(47)42-53(49,50)29-15-16-29)41-34(45)33-18-28(22-44(33)35(32)46)52-37(48)43-21-25-10-8-13-31(39)30(25)23-43/h5,7-13,17,26,28-29,32-33,40H,2-4,6,14-16,18-23H2,1H3,(H,41,45)(H,42,47)/b11-5-/t26-,28+,32-,33-,38+/m0/s1. The van der Waals surface area contributed by atoms with Crippen LogP contribution in [-0.2, 0) is 48.8 Å². The van der Waals surface area contributed by atoms with Crippen molar-refractivity contribution in [2.24, 2.45) is 5.92 Å². The van der Waals surface area contributed by atoms with Gasteiger partial charge in [0.05, 0.1) is 31.5 Å². The Morgan fingerprint density at radius 2 is 1.87 bits per heavy atom. The van der Waals surface area contributed by atoms with E-state index in [0.29, 0.717) is 42.7 Å². The van der Waals surface area contributed by atoms with Gasteiger partial charge in [0.1, 0.15) is 29.3 Å². The molecule has 0 bridgehead atoms. The SMILES string of the molecule is COc1cccc(CN[C@H]2CCCCC/C=C\[C@H]3C[C@@]3(C(=O)NS(=O)(=O)C3CC3)NC(=O)[C@@H]3C[C@@H](OC(=O)N4Cc5cccc(F)c5C4)CN3C2=O)c1. The van der Waals surface area contributed by atoms with Crippen LogP contribution < -0.4 is 20.1 Å². The molecule has 2 saturated carbocycles. The van der Waals surface area contributed by atoms with Crippen molar-refractivity contribution < 1.29 is 41.5 Å². The van der Waals surface area contributed by atoms with Gasteiger partial charge in [-0.3, -0.25) is 24.0 Å². The highest BCUT2D eigenvalue weighted by Crippen LogP contribution is 2.46. The fourth-order valence-electron chi connectivity index (χ4n) is 7.65. The Kier molecular flexibility index (Phi) is 10.5. The molecule has 3 aliphatic heterocycles. The zero-order chi connectivity index (χ0) is 37.3. The first-order valence-corrected chi connectivity index (χ1v) is 20.0. The number of allylic oxidation sites excluding steroid dienone is 1. The summed E-state index contributed by atoms with van der Waals surface area (Å²) in [6.07, 6.45) is 7.00. The normalized spacial score (nSPS) is 28.0. The number of amides is 4. The average molecular weight is 752 g/mol. The van der Waals surface area contributed by atoms with Gasteiger partial charge in [-0.05, 0) is 67.9 Å². The Balaban J connectivity index is 1.13. The van der Waals surface area contributed by atoms with Gasteiger partial charge in [-0.25, -0.2) is 17.6 Å². The van der Waals surface area contributed by atoms with E-state index in [0.717, 1.165) is 31.2 Å². The molecule has 284 valence electrons. The summed E-state index contributed by atoms with van der Waals surface area (Å²) in [6.45, 7) is 0.476. The topological polar surface area (TPSA) is 163 Å². The summed E-state index contributed by atoms with van der Waals surface area (Å²) in [5, 5.41) is 5.61. The maximum absolute atomic E-state index is 14.5. The smallest absolute Gasteiger partial charge is 0.410 e. The van der Waals surface area contributed by atoms with Crippen molar-refractivity contribution >= 4 is 33.8 Å². The average Bonchev–Trinajstić information content (AvgIpc) is 4.02. The number of methoxy groups -OCH3 is 1. The number of carbonyl (C=O) groups is 4. The number of nitrogens with zero attached hydrogens (tertiary/aromatic N) is 2. The third-order valence-corrected chi connectivity index (χ3v) is 12.8. The van der Waals surface area contributed by atoms with E-state index < -0.39 is 68.6 Å². The molecule has 5 atom stereocenters. The Morgan fingerprint density at radius 3 is 2.64 bits per heavy atom. The Hall–Kier alpha value is -4.50. The number of benzene rings is 2. The van der Waals surface area contributed by atoms with E-state index in [1.807, 2.05) is 36.4 Å². The van der Waals surface area contributed by atoms with E-state index >= 15 is 0 Å². The fourth-order valence-corrected chi connectivity index (χ4v) is 9.02. The van der Waals surface area contributed by atoms with Gasteiger partial charge >= 0.3 is 6.09 Å². The van der Waals surface area contributed by atoms with E-state index in [1.165, 1.54) is 15.9 Å². The van der Waals surface area contributed by atoms with E-state index in [2.05, 4.69) is 15.4 Å². The van der Waals surface area contributed by atoms with Crippen LogP contribution in [0.2, 0.25) is 0 Å². The summed E-state index contributed by atoms with van der Waals surface area (Å²) in [6, 6.07) is 10.4. The number of rotatable bonds is 8. The van der Waals surface area contributed by atoms with Gasteiger partial charge in [0.2, 0.25) is 21.8 Å². The molecule has 2 aromatic rings. The van der Waals surface area contributed by atoms with Gasteiger partial charge in [0.15, 0.2) is 0 Å². The number of nitrogens with one attached hydrogen (secondary N) is 3. The van der Waals surface area contributed by atoms with Crippen molar-refractivity contribution in [1.29, 1.82) is 0 Å². The van der Waals surface area contributed by atoms with Gasteiger partial charge in [-0.2, -0.15) is 0 Å². The summed E-state index contributed by atoms with van der Waals surface area (Å²) in [5.41, 5.74) is 0.496. The van der Waals surface area contributed by atoms with Crippen molar-refractivity contribution in [2.75, 3.05) is 13.7 Å². The van der Waals surface area contributed by atoms with Crippen LogP contribution in [0.5, 0.6) is 5.75 Å². The minimum Gasteiger partial charge on any atom is -0.497 e. The second kappa shape index (κ2) is 15.1. The predicted octanol–water partition coefficient (Wildman–Crippen LogP) is 3.42. The fraction of sp³-hybridized carbons (Fsp3) is 0.526. The highest BCUT2D eigenvalue weighted by Gasteiger charge is 2.62. The molecule has 3 heterocycles. The van der Waals surface area contributed by atoms with Crippen LogP contribution in [-0.4, -0.2) is 84.7 Å². The summed E-state index contributed by atoms with van der Waals surface area (Å²) in [7, 11) is -2.31. The highest BCUT2D eigenvalue weighted by molar-refractivity contribution is 7.91. The van der Waals surface area contributed by atoms with Crippen molar-refractivity contribution in [2.45, 2.75) is 106 Å². The van der Waals surface area contributed by atoms with Crippen LogP contribution in [0.3, 0.4) is 0 Å². The minimum atomic E-state index is -3.89. The maximum atomic E-state index is 14.5. The molecule has 3 N–H and O–H groups in total. The lowest BCUT2D eigenvalue weighted by Crippen LogP contribution is -2.58. The zero-order valence-corrected chi connectivity index (χ0v) is 30.5. The second-order valence-electron chi connectivity index (χ2n) is 14.8. The molecule has 0 spiro atoms. The third-order valence-electron chi connectivity index (χ3n) is 11.0. The number of ether oxygens (including phenoxy) is 2. The van der Waals surface area contributed by atoms with Crippen molar-refractivity contribution in [3.8, 4) is 5.75 Å². The lowest BCUT2D eigenvalue weighted by molar-refractivity contribution is -0.141. The van der Waals surface area contributed by atoms with Gasteiger partial charge < -0.3 is 25.0 Å². The first kappa shape index (κ1) is 36.8. The number of carbonyl (C=O) groups excluding carboxylic acids is 4. The molecule has 7 rings (SSSR count). The lowest BCUT2D eigenvalue weighted by Gasteiger charge is -2.30. The molecule has 1 saturated heterocycles. The molecule has 0 radical (unpaired) electrons. The van der Waals surface area contributed by atoms with Crippen LogP contribution in [0.1, 0.15) is 74.5 Å². The van der Waals surface area contributed by atoms with Crippen LogP contribution in [0.4, 0.5) is 9.18 Å². The molecule has 13 nitrogen and oxygen atoms in total. The highest BCUT2D eigenvalue weighted by atomic mass is 32.2. The molecule has 0 aromatic heterocycles. The predicted molar refractivity (Wildman–Crippen MR) is 191 cm³/mol. The third kappa shape index (κ3) is 8.05. The Morgan fingerprint density at radius 1 is 1.06 bits per heavy atom. The number of hydrogen-bond acceptors (Lipinski definition) is 9. The number of halogens is 1. The molecule has 2 aromatic carbocycles. The Labute approximate surface area is 308 Å². The molecule has 4 amide bonds. The van der Waals surface area contributed by atoms with Crippen LogP contribution in [0.25, 0.3) is 0 Å². The number of sulfonamides is 1. The first-order chi connectivity index (χ1) is 25.5. The summed E-state index contributed by atoms with van der Waals surface area (Å²) < 4.78 is 53.5. The zero-order valence-electron chi connectivity index (χ0n) is 29.7. The molecule has 2 aliphatic carbocycles. The summed E-state index contributed by atoms with van der Waals surface area (Å²) in [5.74, 6) is -1.94. The van der Waals surface area contributed by atoms with Gasteiger partial charge in [-0.15, -0.1) is 0 Å². The summed E-state index contributed by atoms with van der Waals surface area (Å²) >= 11 is 0. The van der Waals surface area contributed by atoms with Crippen molar-refractivity contribution in [3.05, 3.63) is 77.1 Å². The van der Waals surface area contributed by atoms with Crippen LogP contribution in [0.15, 0.2) is 54.6 Å². The quantitative estimate of drug-likeness (QED) is 0.343. The van der Waals surface area contributed by atoms with Crippen molar-refractivity contribution in [3.63, 3.8) is 0 Å².